The molecule has 0 saturated carbocycles. The van der Waals surface area contributed by atoms with Crippen LogP contribution in [-0.4, -0.2) is 27.4 Å². The Morgan fingerprint density at radius 2 is 1.61 bits per heavy atom. The topological polar surface area (TPSA) is 49.0 Å². The Hall–Kier alpha value is -2.96. The highest BCUT2D eigenvalue weighted by Gasteiger charge is 2.13. The first-order valence-corrected chi connectivity index (χ1v) is 11.2. The summed E-state index contributed by atoms with van der Waals surface area (Å²) in [6.07, 6.45) is 0.820. The highest BCUT2D eigenvalue weighted by atomic mass is 35.5. The first kappa shape index (κ1) is 24.7. The zero-order chi connectivity index (χ0) is 23.6. The molecule has 0 spiro atoms. The van der Waals surface area contributed by atoms with E-state index in [0.717, 1.165) is 24.1 Å². The van der Waals surface area contributed by atoms with Crippen molar-refractivity contribution in [2.75, 3.05) is 27.4 Å². The smallest absolute Gasteiger partial charge is 0.163 e. The van der Waals surface area contributed by atoms with E-state index in [-0.39, 0.29) is 12.4 Å². The monoisotopic (exact) mass is 473 g/mol. The molecular weight excluding hydrogens is 445 g/mol. The summed E-state index contributed by atoms with van der Waals surface area (Å²) >= 11 is 6.50. The quantitative estimate of drug-likeness (QED) is 0.336. The third-order valence-corrected chi connectivity index (χ3v) is 5.46. The number of hydrogen-bond donors (Lipinski definition) is 1. The molecule has 0 saturated heterocycles. The summed E-state index contributed by atoms with van der Waals surface area (Å²) in [7, 11) is 3.25. The molecule has 0 heterocycles. The minimum atomic E-state index is -0.308. The highest BCUT2D eigenvalue weighted by Crippen LogP contribution is 2.34. The van der Waals surface area contributed by atoms with Crippen molar-refractivity contribution >= 4 is 11.6 Å². The summed E-state index contributed by atoms with van der Waals surface area (Å²) in [6, 6.07) is 16.0. The molecule has 3 aromatic carbocycles. The summed E-state index contributed by atoms with van der Waals surface area (Å²) in [5.74, 6) is 2.18. The van der Waals surface area contributed by atoms with Gasteiger partial charge in [-0.25, -0.2) is 4.39 Å². The fourth-order valence-corrected chi connectivity index (χ4v) is 3.58. The van der Waals surface area contributed by atoms with Gasteiger partial charge in [0.05, 0.1) is 20.8 Å². The summed E-state index contributed by atoms with van der Waals surface area (Å²) in [5.41, 5.74) is 2.50. The predicted octanol–water partition coefficient (Wildman–Crippen LogP) is 5.81. The molecule has 1 N–H and O–H groups in total. The Bertz CT molecular complexity index is 1060. The molecule has 0 aliphatic carbocycles. The predicted molar refractivity (Wildman–Crippen MR) is 128 cm³/mol. The van der Waals surface area contributed by atoms with E-state index >= 15 is 0 Å². The number of rotatable bonds is 12. The van der Waals surface area contributed by atoms with Crippen molar-refractivity contribution in [3.05, 3.63) is 82.1 Å². The minimum absolute atomic E-state index is 0.0893. The first-order valence-electron chi connectivity index (χ1n) is 10.8. The van der Waals surface area contributed by atoms with E-state index in [1.54, 1.807) is 38.5 Å². The van der Waals surface area contributed by atoms with Crippen LogP contribution < -0.4 is 24.3 Å². The number of methoxy groups -OCH3 is 2. The van der Waals surface area contributed by atoms with Gasteiger partial charge in [-0.1, -0.05) is 35.9 Å². The van der Waals surface area contributed by atoms with Crippen LogP contribution in [0, 0.1) is 5.82 Å². The van der Waals surface area contributed by atoms with Gasteiger partial charge in [0.25, 0.3) is 0 Å². The van der Waals surface area contributed by atoms with Crippen LogP contribution in [0.2, 0.25) is 5.02 Å². The number of hydrogen-bond acceptors (Lipinski definition) is 5. The van der Waals surface area contributed by atoms with Gasteiger partial charge in [-0.2, -0.15) is 0 Å². The second-order valence-electron chi connectivity index (χ2n) is 7.32. The first-order chi connectivity index (χ1) is 16.0. The van der Waals surface area contributed by atoms with Crippen molar-refractivity contribution in [3.8, 4) is 23.0 Å². The molecule has 3 aromatic rings. The van der Waals surface area contributed by atoms with Crippen LogP contribution >= 0.6 is 11.6 Å². The lowest BCUT2D eigenvalue weighted by atomic mass is 10.1. The Morgan fingerprint density at radius 3 is 2.33 bits per heavy atom. The Kier molecular flexibility index (Phi) is 9.22. The molecule has 0 fully saturated rings. The van der Waals surface area contributed by atoms with E-state index in [0.29, 0.717) is 46.7 Å². The van der Waals surface area contributed by atoms with E-state index in [9.17, 15) is 4.39 Å². The lowest BCUT2D eigenvalue weighted by Gasteiger charge is -2.16. The zero-order valence-electron chi connectivity index (χ0n) is 19.1. The lowest BCUT2D eigenvalue weighted by molar-refractivity contribution is 0.265. The third kappa shape index (κ3) is 6.76. The van der Waals surface area contributed by atoms with Crippen LogP contribution in [0.5, 0.6) is 23.0 Å². The van der Waals surface area contributed by atoms with E-state index in [1.807, 2.05) is 31.2 Å². The Labute approximate surface area is 199 Å². The normalized spacial score (nSPS) is 10.7. The molecule has 0 amide bonds. The maximum Gasteiger partial charge on any atom is 0.163 e. The van der Waals surface area contributed by atoms with Gasteiger partial charge in [0, 0.05) is 23.2 Å². The Balaban J connectivity index is 1.61. The van der Waals surface area contributed by atoms with Crippen LogP contribution in [0.25, 0.3) is 0 Å². The van der Waals surface area contributed by atoms with Gasteiger partial charge in [0.15, 0.2) is 23.0 Å². The standard InChI is InChI=1S/C26H29ClFNO4/c1-4-32-25-14-20(16-29-12-11-18-9-10-23(30-2)24(13-18)31-3)21(27)15-26(25)33-17-19-7-5-6-8-22(19)28/h5-10,13-15,29H,4,11-12,16-17H2,1-3H3. The third-order valence-electron chi connectivity index (χ3n) is 5.11. The molecule has 7 heteroatoms. The van der Waals surface area contributed by atoms with Gasteiger partial charge in [0.2, 0.25) is 0 Å². The maximum atomic E-state index is 13.9. The average Bonchev–Trinajstić information content (AvgIpc) is 2.83. The average molecular weight is 474 g/mol. The molecule has 3 rings (SSSR count). The van der Waals surface area contributed by atoms with Crippen LogP contribution in [0.1, 0.15) is 23.6 Å². The molecule has 0 unspecified atom stereocenters. The summed E-state index contributed by atoms with van der Waals surface area (Å²) < 4.78 is 36.1. The van der Waals surface area contributed by atoms with Gasteiger partial charge in [-0.05, 0) is 55.3 Å². The number of nitrogens with one attached hydrogen (secondary N) is 1. The molecule has 0 aliphatic heterocycles. The van der Waals surface area contributed by atoms with E-state index in [2.05, 4.69) is 5.32 Å². The summed E-state index contributed by atoms with van der Waals surface area (Å²) in [6.45, 7) is 3.78. The summed E-state index contributed by atoms with van der Waals surface area (Å²) in [4.78, 5) is 0. The molecule has 0 aromatic heterocycles. The van der Waals surface area contributed by atoms with E-state index in [1.165, 1.54) is 6.07 Å². The molecule has 0 aliphatic rings. The van der Waals surface area contributed by atoms with Crippen LogP contribution in [0.3, 0.4) is 0 Å². The number of ether oxygens (including phenoxy) is 4. The molecule has 0 bridgehead atoms. The van der Waals surface area contributed by atoms with Crippen LogP contribution in [0.4, 0.5) is 4.39 Å². The van der Waals surface area contributed by atoms with E-state index < -0.39 is 0 Å². The van der Waals surface area contributed by atoms with Crippen molar-refractivity contribution < 1.29 is 23.3 Å². The largest absolute Gasteiger partial charge is 0.493 e. The fraction of sp³-hybridized carbons (Fsp3) is 0.308. The fourth-order valence-electron chi connectivity index (χ4n) is 3.36. The van der Waals surface area contributed by atoms with E-state index in [4.69, 9.17) is 30.5 Å². The zero-order valence-corrected chi connectivity index (χ0v) is 19.9. The van der Waals surface area contributed by atoms with Crippen molar-refractivity contribution in [3.63, 3.8) is 0 Å². The van der Waals surface area contributed by atoms with Gasteiger partial charge < -0.3 is 24.3 Å². The summed E-state index contributed by atoms with van der Waals surface area (Å²) in [5, 5.41) is 3.96. The van der Waals surface area contributed by atoms with Gasteiger partial charge in [-0.3, -0.25) is 0 Å². The van der Waals surface area contributed by atoms with Crippen LogP contribution in [-0.2, 0) is 19.6 Å². The molecular formula is C26H29ClFNO4. The number of benzene rings is 3. The highest BCUT2D eigenvalue weighted by molar-refractivity contribution is 6.31. The number of halogens is 2. The van der Waals surface area contributed by atoms with Gasteiger partial charge >= 0.3 is 0 Å². The Morgan fingerprint density at radius 1 is 0.848 bits per heavy atom. The molecule has 0 atom stereocenters. The van der Waals surface area contributed by atoms with Crippen molar-refractivity contribution in [1.29, 1.82) is 0 Å². The van der Waals surface area contributed by atoms with Crippen LogP contribution in [0.15, 0.2) is 54.6 Å². The maximum absolute atomic E-state index is 13.9. The van der Waals surface area contributed by atoms with Gasteiger partial charge in [-0.15, -0.1) is 0 Å². The van der Waals surface area contributed by atoms with Crippen molar-refractivity contribution in [1.82, 2.24) is 5.32 Å². The second-order valence-corrected chi connectivity index (χ2v) is 7.73. The minimum Gasteiger partial charge on any atom is -0.493 e. The second kappa shape index (κ2) is 12.3. The molecule has 33 heavy (non-hydrogen) atoms. The van der Waals surface area contributed by atoms with Gasteiger partial charge in [0.1, 0.15) is 12.4 Å². The lowest BCUT2D eigenvalue weighted by Crippen LogP contribution is -2.17. The van der Waals surface area contributed by atoms with Crippen molar-refractivity contribution in [2.24, 2.45) is 0 Å². The SMILES string of the molecule is CCOc1cc(CNCCc2ccc(OC)c(OC)c2)c(Cl)cc1OCc1ccccc1F. The molecule has 176 valence electrons. The van der Waals surface area contributed by atoms with Crippen molar-refractivity contribution in [2.45, 2.75) is 26.5 Å². The molecule has 5 nitrogen and oxygen atoms in total. The molecule has 0 radical (unpaired) electrons.